The van der Waals surface area contributed by atoms with Gasteiger partial charge in [0.2, 0.25) is 5.91 Å². The van der Waals surface area contributed by atoms with E-state index in [0.717, 1.165) is 17.0 Å². The van der Waals surface area contributed by atoms with E-state index in [-0.39, 0.29) is 17.9 Å². The Hall–Kier alpha value is -1.75. The molecule has 0 aromatic heterocycles. The van der Waals surface area contributed by atoms with E-state index < -0.39 is 0 Å². The Balaban J connectivity index is 1.54. The maximum atomic E-state index is 12.2. The van der Waals surface area contributed by atoms with Crippen molar-refractivity contribution in [3.05, 3.63) is 34.3 Å². The van der Waals surface area contributed by atoms with E-state index in [2.05, 4.69) is 10.6 Å². The summed E-state index contributed by atoms with van der Waals surface area (Å²) in [4.78, 5) is 25.1. The first-order chi connectivity index (χ1) is 10.1. The molecule has 1 atom stereocenters. The molecule has 3 amide bonds. The number of fused-ring (bicyclic) bond motifs is 1. The van der Waals surface area contributed by atoms with Crippen molar-refractivity contribution in [2.24, 2.45) is 5.92 Å². The first-order valence-corrected chi connectivity index (χ1v) is 7.56. The maximum Gasteiger partial charge on any atom is 0.317 e. The highest BCUT2D eigenvalue weighted by Gasteiger charge is 2.24. The Kier molecular flexibility index (Phi) is 4.01. The second-order valence-electron chi connectivity index (χ2n) is 5.64. The number of amides is 3. The zero-order chi connectivity index (χ0) is 14.8. The highest BCUT2D eigenvalue weighted by molar-refractivity contribution is 6.30. The number of rotatable bonds is 2. The number of carbonyl (C=O) groups excluding carboxylic acids is 2. The second kappa shape index (κ2) is 5.93. The van der Waals surface area contributed by atoms with Gasteiger partial charge in [0.1, 0.15) is 0 Å². The molecule has 0 bridgehead atoms. The van der Waals surface area contributed by atoms with Crippen LogP contribution < -0.4 is 10.6 Å². The fraction of sp³-hybridized carbons (Fsp3) is 0.467. The molecule has 112 valence electrons. The molecule has 1 unspecified atom stereocenters. The first-order valence-electron chi connectivity index (χ1n) is 7.18. The molecule has 0 aliphatic carbocycles. The summed E-state index contributed by atoms with van der Waals surface area (Å²) in [5.74, 6) is 0.273. The zero-order valence-electron chi connectivity index (χ0n) is 11.7. The van der Waals surface area contributed by atoms with Gasteiger partial charge in [-0.3, -0.25) is 4.79 Å². The van der Waals surface area contributed by atoms with E-state index in [9.17, 15) is 9.59 Å². The van der Waals surface area contributed by atoms with Crippen molar-refractivity contribution >= 4 is 23.5 Å². The third-order valence-electron chi connectivity index (χ3n) is 4.07. The standard InChI is InChI=1S/C15H18ClN3O2/c16-13-2-1-12-9-19(4-3-11(12)6-13)15(21)18-8-10-5-14(20)17-7-10/h1-2,6,10H,3-5,7-9H2,(H,17,20)(H,18,21). The Morgan fingerprint density at radius 3 is 3.05 bits per heavy atom. The third kappa shape index (κ3) is 3.29. The smallest absolute Gasteiger partial charge is 0.317 e. The van der Waals surface area contributed by atoms with Crippen LogP contribution in [-0.2, 0) is 17.8 Å². The van der Waals surface area contributed by atoms with Crippen LogP contribution in [0.2, 0.25) is 5.02 Å². The number of hydrogen-bond donors (Lipinski definition) is 2. The van der Waals surface area contributed by atoms with Gasteiger partial charge in [0.05, 0.1) is 0 Å². The van der Waals surface area contributed by atoms with Crippen molar-refractivity contribution in [1.29, 1.82) is 0 Å². The number of nitrogens with zero attached hydrogens (tertiary/aromatic N) is 1. The van der Waals surface area contributed by atoms with E-state index in [4.69, 9.17) is 11.6 Å². The van der Waals surface area contributed by atoms with Gasteiger partial charge in [-0.25, -0.2) is 4.79 Å². The maximum absolute atomic E-state index is 12.2. The zero-order valence-corrected chi connectivity index (χ0v) is 12.4. The van der Waals surface area contributed by atoms with Crippen LogP contribution in [0.4, 0.5) is 4.79 Å². The van der Waals surface area contributed by atoms with Crippen LogP contribution >= 0.6 is 11.6 Å². The Bertz CT molecular complexity index is 576. The molecule has 2 heterocycles. The molecule has 21 heavy (non-hydrogen) atoms. The summed E-state index contributed by atoms with van der Waals surface area (Å²) in [6, 6.07) is 5.76. The van der Waals surface area contributed by atoms with Gasteiger partial charge in [0, 0.05) is 43.5 Å². The predicted molar refractivity (Wildman–Crippen MR) is 80.1 cm³/mol. The summed E-state index contributed by atoms with van der Waals surface area (Å²) < 4.78 is 0. The molecule has 1 aromatic rings. The molecular weight excluding hydrogens is 290 g/mol. The molecule has 1 fully saturated rings. The second-order valence-corrected chi connectivity index (χ2v) is 6.08. The minimum Gasteiger partial charge on any atom is -0.356 e. The Labute approximate surface area is 128 Å². The lowest BCUT2D eigenvalue weighted by Gasteiger charge is -2.29. The summed E-state index contributed by atoms with van der Waals surface area (Å²) in [5, 5.41) is 6.44. The van der Waals surface area contributed by atoms with Gasteiger partial charge in [-0.2, -0.15) is 0 Å². The molecule has 5 nitrogen and oxygen atoms in total. The van der Waals surface area contributed by atoms with Crippen LogP contribution in [0, 0.1) is 5.92 Å². The topological polar surface area (TPSA) is 61.4 Å². The monoisotopic (exact) mass is 307 g/mol. The molecular formula is C15H18ClN3O2. The average molecular weight is 308 g/mol. The van der Waals surface area contributed by atoms with Crippen molar-refractivity contribution in [1.82, 2.24) is 15.5 Å². The molecule has 1 aromatic carbocycles. The predicted octanol–water partition coefficient (Wildman–Crippen LogP) is 1.54. The van der Waals surface area contributed by atoms with Crippen molar-refractivity contribution in [2.45, 2.75) is 19.4 Å². The molecule has 0 radical (unpaired) electrons. The van der Waals surface area contributed by atoms with Crippen LogP contribution in [0.25, 0.3) is 0 Å². The quantitative estimate of drug-likeness (QED) is 0.871. The van der Waals surface area contributed by atoms with Gasteiger partial charge < -0.3 is 15.5 Å². The van der Waals surface area contributed by atoms with Crippen molar-refractivity contribution in [2.75, 3.05) is 19.6 Å². The van der Waals surface area contributed by atoms with Crippen LogP contribution in [0.3, 0.4) is 0 Å². The highest BCUT2D eigenvalue weighted by atomic mass is 35.5. The van der Waals surface area contributed by atoms with E-state index in [1.54, 1.807) is 4.90 Å². The average Bonchev–Trinajstić information content (AvgIpc) is 2.90. The SMILES string of the molecule is O=C1CC(CNC(=O)N2CCc3cc(Cl)ccc3C2)CN1. The van der Waals surface area contributed by atoms with Gasteiger partial charge in [-0.1, -0.05) is 17.7 Å². The van der Waals surface area contributed by atoms with Crippen LogP contribution in [0.1, 0.15) is 17.5 Å². The van der Waals surface area contributed by atoms with Gasteiger partial charge in [-0.05, 0) is 29.7 Å². The molecule has 6 heteroatoms. The molecule has 2 N–H and O–H groups in total. The molecule has 2 aliphatic rings. The van der Waals surface area contributed by atoms with Crippen molar-refractivity contribution in [3.63, 3.8) is 0 Å². The van der Waals surface area contributed by atoms with Gasteiger partial charge in [0.15, 0.2) is 0 Å². The first kappa shape index (κ1) is 14.2. The minimum atomic E-state index is -0.0602. The number of urea groups is 1. The molecule has 3 rings (SSSR count). The molecule has 0 spiro atoms. The summed E-state index contributed by atoms with van der Waals surface area (Å²) in [6.07, 6.45) is 1.33. The number of carbonyl (C=O) groups is 2. The number of halogens is 1. The lowest BCUT2D eigenvalue weighted by atomic mass is 10.0. The largest absolute Gasteiger partial charge is 0.356 e. The number of nitrogens with one attached hydrogen (secondary N) is 2. The molecule has 2 aliphatic heterocycles. The fourth-order valence-electron chi connectivity index (χ4n) is 2.85. The normalized spacial score (nSPS) is 20.9. The Morgan fingerprint density at radius 2 is 2.29 bits per heavy atom. The van der Waals surface area contributed by atoms with Gasteiger partial charge >= 0.3 is 6.03 Å². The fourth-order valence-corrected chi connectivity index (χ4v) is 3.04. The van der Waals surface area contributed by atoms with E-state index in [1.165, 1.54) is 5.56 Å². The summed E-state index contributed by atoms with van der Waals surface area (Å²) in [6.45, 7) is 2.50. The van der Waals surface area contributed by atoms with E-state index >= 15 is 0 Å². The number of hydrogen-bond acceptors (Lipinski definition) is 2. The molecule has 0 saturated carbocycles. The van der Waals surface area contributed by atoms with Crippen LogP contribution in [0.15, 0.2) is 18.2 Å². The van der Waals surface area contributed by atoms with E-state index in [1.807, 2.05) is 18.2 Å². The lowest BCUT2D eigenvalue weighted by Crippen LogP contribution is -2.44. The van der Waals surface area contributed by atoms with Gasteiger partial charge in [0.25, 0.3) is 0 Å². The minimum absolute atomic E-state index is 0.0602. The summed E-state index contributed by atoms with van der Waals surface area (Å²) in [5.41, 5.74) is 2.37. The van der Waals surface area contributed by atoms with Crippen LogP contribution in [0.5, 0.6) is 0 Å². The summed E-state index contributed by atoms with van der Waals surface area (Å²) in [7, 11) is 0. The Morgan fingerprint density at radius 1 is 1.43 bits per heavy atom. The number of benzene rings is 1. The van der Waals surface area contributed by atoms with Crippen LogP contribution in [-0.4, -0.2) is 36.5 Å². The van der Waals surface area contributed by atoms with Crippen molar-refractivity contribution in [3.8, 4) is 0 Å². The summed E-state index contributed by atoms with van der Waals surface area (Å²) >= 11 is 5.98. The highest BCUT2D eigenvalue weighted by Crippen LogP contribution is 2.22. The lowest BCUT2D eigenvalue weighted by molar-refractivity contribution is -0.119. The van der Waals surface area contributed by atoms with Crippen molar-refractivity contribution < 1.29 is 9.59 Å². The third-order valence-corrected chi connectivity index (χ3v) is 4.31. The van der Waals surface area contributed by atoms with Gasteiger partial charge in [-0.15, -0.1) is 0 Å². The molecule has 1 saturated heterocycles. The van der Waals surface area contributed by atoms with E-state index in [0.29, 0.717) is 32.6 Å².